The van der Waals surface area contributed by atoms with Gasteiger partial charge in [0.25, 0.3) is 0 Å². The molecular weight excluding hydrogens is 462 g/mol. The number of carboxylic acid groups (broad SMARTS) is 1. The third-order valence-electron chi connectivity index (χ3n) is 4.82. The van der Waals surface area contributed by atoms with Crippen LogP contribution in [-0.2, 0) is 16.7 Å². The Hall–Kier alpha value is -3.01. The number of alkyl halides is 3. The van der Waals surface area contributed by atoms with Gasteiger partial charge in [0.2, 0.25) is 5.89 Å². The fourth-order valence-corrected chi connectivity index (χ4v) is 3.73. The standard InChI is InChI=1S/C23H21F4NO4S/c1-12-5-7-15(10-18(12)32-22(3,4)21(29)30)33-11-19-13(2)28-20(31-19)14-6-8-16(17(24)9-14)23(25,26)27/h5-10H,11H2,1-4H3,(H,29,30). The molecule has 0 saturated heterocycles. The Morgan fingerprint density at radius 1 is 1.15 bits per heavy atom. The number of hydrogen-bond donors (Lipinski definition) is 1. The van der Waals surface area contributed by atoms with Crippen LogP contribution in [0.3, 0.4) is 0 Å². The van der Waals surface area contributed by atoms with Crippen molar-refractivity contribution in [2.24, 2.45) is 0 Å². The molecule has 3 aromatic rings. The first kappa shape index (κ1) is 24.6. The fourth-order valence-electron chi connectivity index (χ4n) is 2.81. The quantitative estimate of drug-likeness (QED) is 0.300. The summed E-state index contributed by atoms with van der Waals surface area (Å²) < 4.78 is 63.6. The van der Waals surface area contributed by atoms with Crippen LogP contribution in [0.4, 0.5) is 17.6 Å². The molecule has 1 aromatic heterocycles. The molecule has 0 aliphatic heterocycles. The second-order valence-electron chi connectivity index (χ2n) is 7.85. The van der Waals surface area contributed by atoms with Gasteiger partial charge < -0.3 is 14.3 Å². The van der Waals surface area contributed by atoms with Gasteiger partial charge >= 0.3 is 12.1 Å². The van der Waals surface area contributed by atoms with Crippen molar-refractivity contribution in [3.05, 3.63) is 64.8 Å². The molecule has 0 atom stereocenters. The average Bonchev–Trinajstić information content (AvgIpc) is 3.08. The summed E-state index contributed by atoms with van der Waals surface area (Å²) in [6.45, 7) is 6.40. The summed E-state index contributed by atoms with van der Waals surface area (Å²) in [5.41, 5.74) is -1.36. The van der Waals surface area contributed by atoms with E-state index in [2.05, 4.69) is 4.98 Å². The van der Waals surface area contributed by atoms with Crippen LogP contribution in [0, 0.1) is 19.7 Å². The predicted molar refractivity (Wildman–Crippen MR) is 115 cm³/mol. The summed E-state index contributed by atoms with van der Waals surface area (Å²) in [5, 5.41) is 9.28. The summed E-state index contributed by atoms with van der Waals surface area (Å²) in [5.74, 6) is -1.22. The Balaban J connectivity index is 1.77. The lowest BCUT2D eigenvalue weighted by Crippen LogP contribution is -2.38. The molecule has 0 amide bonds. The molecule has 0 unspecified atom stereocenters. The zero-order valence-electron chi connectivity index (χ0n) is 18.2. The molecule has 0 aliphatic carbocycles. The number of halogens is 4. The number of aryl methyl sites for hydroxylation is 2. The highest BCUT2D eigenvalue weighted by Gasteiger charge is 2.34. The van der Waals surface area contributed by atoms with Gasteiger partial charge in [0, 0.05) is 10.5 Å². The number of aromatic nitrogens is 1. The van der Waals surface area contributed by atoms with E-state index >= 15 is 0 Å². The molecule has 0 saturated carbocycles. The van der Waals surface area contributed by atoms with Crippen LogP contribution in [0.5, 0.6) is 5.75 Å². The van der Waals surface area contributed by atoms with Crippen LogP contribution >= 0.6 is 11.8 Å². The van der Waals surface area contributed by atoms with E-state index in [-0.39, 0.29) is 11.5 Å². The second kappa shape index (κ2) is 9.09. The monoisotopic (exact) mass is 483 g/mol. The lowest BCUT2D eigenvalue weighted by Gasteiger charge is -2.23. The summed E-state index contributed by atoms with van der Waals surface area (Å²) in [7, 11) is 0. The van der Waals surface area contributed by atoms with Crippen LogP contribution in [0.15, 0.2) is 45.7 Å². The molecule has 1 heterocycles. The number of thioether (sulfide) groups is 1. The molecule has 1 N–H and O–H groups in total. The number of carbonyl (C=O) groups is 1. The van der Waals surface area contributed by atoms with Crippen LogP contribution in [0.2, 0.25) is 0 Å². The van der Waals surface area contributed by atoms with Crippen molar-refractivity contribution >= 4 is 17.7 Å². The van der Waals surface area contributed by atoms with Crippen molar-refractivity contribution in [2.45, 2.75) is 50.1 Å². The van der Waals surface area contributed by atoms with Crippen molar-refractivity contribution < 1.29 is 36.6 Å². The Kier molecular flexibility index (Phi) is 6.78. The number of carboxylic acids is 1. The first-order chi connectivity index (χ1) is 15.3. The summed E-state index contributed by atoms with van der Waals surface area (Å²) in [4.78, 5) is 16.3. The molecule has 2 aromatic carbocycles. The van der Waals surface area contributed by atoms with E-state index in [1.54, 1.807) is 26.0 Å². The highest BCUT2D eigenvalue weighted by Crippen LogP contribution is 2.35. The van der Waals surface area contributed by atoms with Gasteiger partial charge in [-0.3, -0.25) is 0 Å². The number of benzene rings is 2. The number of ether oxygens (including phenoxy) is 1. The van der Waals surface area contributed by atoms with E-state index in [4.69, 9.17) is 9.15 Å². The molecular formula is C23H21F4NO4S. The Bertz CT molecular complexity index is 1190. The molecule has 10 heteroatoms. The van der Waals surface area contributed by atoms with Gasteiger partial charge in [-0.15, -0.1) is 11.8 Å². The fraction of sp³-hybridized carbons (Fsp3) is 0.304. The Morgan fingerprint density at radius 3 is 2.45 bits per heavy atom. The summed E-state index contributed by atoms with van der Waals surface area (Å²) >= 11 is 1.38. The molecule has 5 nitrogen and oxygen atoms in total. The minimum absolute atomic E-state index is 0.0202. The van der Waals surface area contributed by atoms with E-state index in [9.17, 15) is 27.5 Å². The highest BCUT2D eigenvalue weighted by atomic mass is 32.2. The largest absolute Gasteiger partial charge is 0.478 e. The third-order valence-corrected chi connectivity index (χ3v) is 5.82. The van der Waals surface area contributed by atoms with E-state index in [1.807, 2.05) is 6.07 Å². The topological polar surface area (TPSA) is 72.6 Å². The van der Waals surface area contributed by atoms with Crippen LogP contribution in [0.25, 0.3) is 11.5 Å². The number of hydrogen-bond acceptors (Lipinski definition) is 5. The molecule has 0 spiro atoms. The zero-order valence-corrected chi connectivity index (χ0v) is 19.0. The molecule has 0 bridgehead atoms. The minimum atomic E-state index is -4.78. The normalized spacial score (nSPS) is 12.1. The Labute approximate surface area is 191 Å². The van der Waals surface area contributed by atoms with Gasteiger partial charge in [0.1, 0.15) is 17.3 Å². The van der Waals surface area contributed by atoms with Crippen molar-refractivity contribution in [1.82, 2.24) is 4.98 Å². The van der Waals surface area contributed by atoms with Gasteiger partial charge in [-0.2, -0.15) is 13.2 Å². The maximum Gasteiger partial charge on any atom is 0.419 e. The number of aliphatic carboxylic acids is 1. The first-order valence-corrected chi connectivity index (χ1v) is 10.8. The van der Waals surface area contributed by atoms with E-state index in [1.165, 1.54) is 25.6 Å². The predicted octanol–water partition coefficient (Wildman–Crippen LogP) is 6.65. The van der Waals surface area contributed by atoms with Crippen molar-refractivity contribution in [3.63, 3.8) is 0 Å². The smallest absolute Gasteiger partial charge is 0.419 e. The molecule has 176 valence electrons. The molecule has 0 fully saturated rings. The van der Waals surface area contributed by atoms with E-state index in [0.717, 1.165) is 22.6 Å². The van der Waals surface area contributed by atoms with Crippen molar-refractivity contribution in [1.29, 1.82) is 0 Å². The molecule has 0 aliphatic rings. The molecule has 0 radical (unpaired) electrons. The van der Waals surface area contributed by atoms with Gasteiger partial charge in [-0.05, 0) is 63.6 Å². The molecule has 33 heavy (non-hydrogen) atoms. The summed E-state index contributed by atoms with van der Waals surface area (Å²) in [6.07, 6.45) is -4.78. The third kappa shape index (κ3) is 5.68. The second-order valence-corrected chi connectivity index (χ2v) is 8.90. The number of rotatable bonds is 7. The van der Waals surface area contributed by atoms with Crippen LogP contribution in [0.1, 0.15) is 36.4 Å². The van der Waals surface area contributed by atoms with Gasteiger partial charge in [-0.1, -0.05) is 6.07 Å². The summed E-state index contributed by atoms with van der Waals surface area (Å²) in [6, 6.07) is 7.89. The van der Waals surface area contributed by atoms with Gasteiger partial charge in [0.05, 0.1) is 17.0 Å². The zero-order chi connectivity index (χ0) is 24.6. The SMILES string of the molecule is Cc1ccc(SCc2oc(-c3ccc(C(F)(F)F)c(F)c3)nc2C)cc1OC(C)(C)C(=O)O. The van der Waals surface area contributed by atoms with Crippen molar-refractivity contribution in [2.75, 3.05) is 0 Å². The number of nitrogens with zero attached hydrogens (tertiary/aromatic N) is 1. The lowest BCUT2D eigenvalue weighted by molar-refractivity contribution is -0.152. The van der Waals surface area contributed by atoms with Gasteiger partial charge in [-0.25, -0.2) is 14.2 Å². The number of oxazole rings is 1. The van der Waals surface area contributed by atoms with Crippen molar-refractivity contribution in [3.8, 4) is 17.2 Å². The highest BCUT2D eigenvalue weighted by molar-refractivity contribution is 7.98. The van der Waals surface area contributed by atoms with E-state index < -0.39 is 29.1 Å². The van der Waals surface area contributed by atoms with Crippen LogP contribution in [-0.4, -0.2) is 21.7 Å². The van der Waals surface area contributed by atoms with Gasteiger partial charge in [0.15, 0.2) is 5.60 Å². The van der Waals surface area contributed by atoms with E-state index in [0.29, 0.717) is 29.0 Å². The first-order valence-electron chi connectivity index (χ1n) is 9.77. The maximum absolute atomic E-state index is 13.9. The lowest BCUT2D eigenvalue weighted by atomic mass is 10.1. The Morgan fingerprint density at radius 2 is 1.85 bits per heavy atom. The minimum Gasteiger partial charge on any atom is -0.478 e. The van der Waals surface area contributed by atoms with Crippen LogP contribution < -0.4 is 4.74 Å². The molecule has 3 rings (SSSR count). The maximum atomic E-state index is 13.9. The average molecular weight is 483 g/mol.